The van der Waals surface area contributed by atoms with E-state index in [9.17, 15) is 14.7 Å². The van der Waals surface area contributed by atoms with Crippen LogP contribution in [0.1, 0.15) is 48.0 Å². The maximum Gasteiger partial charge on any atom is 0.311 e. The molecule has 1 amide bonds. The van der Waals surface area contributed by atoms with Crippen LogP contribution in [-0.4, -0.2) is 23.5 Å². The number of amides is 1. The predicted molar refractivity (Wildman–Crippen MR) is 81.7 cm³/mol. The summed E-state index contributed by atoms with van der Waals surface area (Å²) in [4.78, 5) is 23.8. The van der Waals surface area contributed by atoms with E-state index < -0.39 is 11.4 Å². The van der Waals surface area contributed by atoms with Crippen molar-refractivity contribution in [2.75, 3.05) is 6.54 Å². The molecule has 1 fully saturated rings. The number of benzene rings is 1. The Bertz CT molecular complexity index is 550. The van der Waals surface area contributed by atoms with Crippen LogP contribution in [-0.2, 0) is 4.79 Å². The van der Waals surface area contributed by atoms with Gasteiger partial charge in [-0.05, 0) is 31.4 Å². The molecule has 114 valence electrons. The van der Waals surface area contributed by atoms with Gasteiger partial charge in [-0.1, -0.05) is 43.0 Å². The number of aryl methyl sites for hydroxylation is 1. The first-order chi connectivity index (χ1) is 9.96. The molecule has 4 nitrogen and oxygen atoms in total. The molecule has 2 N–H and O–H groups in total. The quantitative estimate of drug-likeness (QED) is 0.895. The molecule has 0 atom stereocenters. The summed E-state index contributed by atoms with van der Waals surface area (Å²) in [6.45, 7) is 1.99. The third kappa shape index (κ3) is 3.38. The van der Waals surface area contributed by atoms with Crippen molar-refractivity contribution < 1.29 is 14.7 Å². The van der Waals surface area contributed by atoms with Gasteiger partial charge < -0.3 is 10.4 Å². The van der Waals surface area contributed by atoms with Gasteiger partial charge >= 0.3 is 5.97 Å². The molecule has 5 heteroatoms. The Kier molecular flexibility index (Phi) is 4.88. The Balaban J connectivity index is 2.09. The molecule has 1 aliphatic rings. The highest BCUT2D eigenvalue weighted by Gasteiger charge is 2.39. The summed E-state index contributed by atoms with van der Waals surface area (Å²) >= 11 is 6.13. The lowest BCUT2D eigenvalue weighted by Crippen LogP contribution is -2.44. The molecule has 1 aromatic carbocycles. The Labute approximate surface area is 129 Å². The number of carboxylic acid groups (broad SMARTS) is 1. The second-order valence-electron chi connectivity index (χ2n) is 5.77. The van der Waals surface area contributed by atoms with Gasteiger partial charge in [-0.2, -0.15) is 0 Å². The van der Waals surface area contributed by atoms with Crippen molar-refractivity contribution >= 4 is 23.5 Å². The molecule has 0 aliphatic heterocycles. The zero-order valence-electron chi connectivity index (χ0n) is 12.1. The summed E-state index contributed by atoms with van der Waals surface area (Å²) < 4.78 is 0. The number of aliphatic carboxylic acids is 1. The number of carbonyl (C=O) groups is 2. The minimum absolute atomic E-state index is 0.158. The van der Waals surface area contributed by atoms with E-state index in [1.165, 1.54) is 0 Å². The molecule has 0 heterocycles. The average molecular weight is 310 g/mol. The van der Waals surface area contributed by atoms with Crippen molar-refractivity contribution in [2.24, 2.45) is 5.41 Å². The third-order valence-corrected chi connectivity index (χ3v) is 4.79. The highest BCUT2D eigenvalue weighted by molar-refractivity contribution is 6.34. The van der Waals surface area contributed by atoms with E-state index in [4.69, 9.17) is 11.6 Å². The van der Waals surface area contributed by atoms with Crippen molar-refractivity contribution in [2.45, 2.75) is 39.0 Å². The summed E-state index contributed by atoms with van der Waals surface area (Å²) in [5.41, 5.74) is 0.396. The van der Waals surface area contributed by atoms with E-state index in [1.54, 1.807) is 12.1 Å². The third-order valence-electron chi connectivity index (χ3n) is 4.29. The summed E-state index contributed by atoms with van der Waals surface area (Å²) in [6, 6.07) is 5.25. The number of nitrogens with one attached hydrogen (secondary N) is 1. The van der Waals surface area contributed by atoms with Gasteiger partial charge in [0.05, 0.1) is 16.0 Å². The number of hydrogen-bond donors (Lipinski definition) is 2. The van der Waals surface area contributed by atoms with Crippen LogP contribution in [0.4, 0.5) is 0 Å². The van der Waals surface area contributed by atoms with Crippen molar-refractivity contribution in [3.05, 3.63) is 34.3 Å². The van der Waals surface area contributed by atoms with Crippen molar-refractivity contribution in [3.63, 3.8) is 0 Å². The largest absolute Gasteiger partial charge is 0.481 e. The number of carboxylic acids is 1. The van der Waals surface area contributed by atoms with E-state index in [0.29, 0.717) is 23.4 Å². The molecule has 0 radical (unpaired) electrons. The van der Waals surface area contributed by atoms with Crippen LogP contribution in [0.25, 0.3) is 0 Å². The fraction of sp³-hybridized carbons (Fsp3) is 0.500. The SMILES string of the molecule is Cc1cccc(C(=O)NCC2(C(=O)O)CCCCC2)c1Cl. The topological polar surface area (TPSA) is 66.4 Å². The molecule has 0 bridgehead atoms. The van der Waals surface area contributed by atoms with Crippen molar-refractivity contribution in [1.82, 2.24) is 5.32 Å². The van der Waals surface area contributed by atoms with Gasteiger partial charge in [0, 0.05) is 6.54 Å². The van der Waals surface area contributed by atoms with Gasteiger partial charge in [0.1, 0.15) is 0 Å². The molecule has 1 aliphatic carbocycles. The fourth-order valence-corrected chi connectivity index (χ4v) is 3.07. The van der Waals surface area contributed by atoms with Crippen molar-refractivity contribution in [3.8, 4) is 0 Å². The molecule has 1 saturated carbocycles. The van der Waals surface area contributed by atoms with E-state index in [2.05, 4.69) is 5.32 Å². The van der Waals surface area contributed by atoms with Crippen LogP contribution in [0.2, 0.25) is 5.02 Å². The molecule has 1 aromatic rings. The fourth-order valence-electron chi connectivity index (χ4n) is 2.86. The Hall–Kier alpha value is -1.55. The highest BCUT2D eigenvalue weighted by Crippen LogP contribution is 2.36. The zero-order chi connectivity index (χ0) is 15.5. The molecule has 2 rings (SSSR count). The lowest BCUT2D eigenvalue weighted by atomic mass is 9.74. The van der Waals surface area contributed by atoms with Gasteiger partial charge in [0.15, 0.2) is 0 Å². The first-order valence-corrected chi connectivity index (χ1v) is 7.61. The van der Waals surface area contributed by atoms with Crippen LogP contribution in [0, 0.1) is 12.3 Å². The van der Waals surface area contributed by atoms with E-state index >= 15 is 0 Å². The Morgan fingerprint density at radius 3 is 2.57 bits per heavy atom. The van der Waals surface area contributed by atoms with Crippen LogP contribution < -0.4 is 5.32 Å². The molecule has 0 saturated heterocycles. The summed E-state index contributed by atoms with van der Waals surface area (Å²) in [6.07, 6.45) is 4.09. The summed E-state index contributed by atoms with van der Waals surface area (Å²) in [7, 11) is 0. The smallest absolute Gasteiger partial charge is 0.311 e. The van der Waals surface area contributed by atoms with Gasteiger partial charge in [-0.3, -0.25) is 9.59 Å². The number of rotatable bonds is 4. The van der Waals surface area contributed by atoms with Crippen LogP contribution in [0.3, 0.4) is 0 Å². The van der Waals surface area contributed by atoms with E-state index in [1.807, 2.05) is 13.0 Å². The second-order valence-corrected chi connectivity index (χ2v) is 6.14. The number of halogens is 1. The van der Waals surface area contributed by atoms with Gasteiger partial charge in [-0.15, -0.1) is 0 Å². The minimum atomic E-state index is -0.829. The summed E-state index contributed by atoms with van der Waals surface area (Å²) in [5, 5.41) is 12.7. The maximum atomic E-state index is 12.2. The molecular formula is C16H20ClNO3. The molecule has 0 unspecified atom stereocenters. The Morgan fingerprint density at radius 2 is 1.95 bits per heavy atom. The predicted octanol–water partition coefficient (Wildman–Crippen LogP) is 3.41. The monoisotopic (exact) mass is 309 g/mol. The molecule has 21 heavy (non-hydrogen) atoms. The van der Waals surface area contributed by atoms with Crippen LogP contribution in [0.5, 0.6) is 0 Å². The normalized spacial score (nSPS) is 17.2. The van der Waals surface area contributed by atoms with Gasteiger partial charge in [0.25, 0.3) is 5.91 Å². The highest BCUT2D eigenvalue weighted by atomic mass is 35.5. The first kappa shape index (κ1) is 15.8. The number of carbonyl (C=O) groups excluding carboxylic acids is 1. The van der Waals surface area contributed by atoms with Crippen LogP contribution >= 0.6 is 11.6 Å². The minimum Gasteiger partial charge on any atom is -0.481 e. The molecule has 0 aromatic heterocycles. The van der Waals surface area contributed by atoms with Gasteiger partial charge in [0.2, 0.25) is 0 Å². The first-order valence-electron chi connectivity index (χ1n) is 7.23. The zero-order valence-corrected chi connectivity index (χ0v) is 12.9. The lowest BCUT2D eigenvalue weighted by molar-refractivity contribution is -0.150. The maximum absolute atomic E-state index is 12.2. The Morgan fingerprint density at radius 1 is 1.29 bits per heavy atom. The number of hydrogen-bond acceptors (Lipinski definition) is 2. The van der Waals surface area contributed by atoms with Crippen molar-refractivity contribution in [1.29, 1.82) is 0 Å². The van der Waals surface area contributed by atoms with Gasteiger partial charge in [-0.25, -0.2) is 0 Å². The summed E-state index contributed by atoms with van der Waals surface area (Å²) in [5.74, 6) is -1.13. The lowest BCUT2D eigenvalue weighted by Gasteiger charge is -2.33. The standard InChI is InChI=1S/C16H20ClNO3/c1-11-6-5-7-12(13(11)17)14(19)18-10-16(15(20)21)8-3-2-4-9-16/h5-7H,2-4,8-10H2,1H3,(H,18,19)(H,20,21). The molecule has 0 spiro atoms. The second kappa shape index (κ2) is 6.48. The van der Waals surface area contributed by atoms with E-state index in [0.717, 1.165) is 24.8 Å². The van der Waals surface area contributed by atoms with Crippen LogP contribution in [0.15, 0.2) is 18.2 Å². The van der Waals surface area contributed by atoms with E-state index in [-0.39, 0.29) is 12.5 Å². The average Bonchev–Trinajstić information content (AvgIpc) is 2.48. The molecular weight excluding hydrogens is 290 g/mol.